The van der Waals surface area contributed by atoms with Crippen LogP contribution in [0, 0.1) is 11.8 Å². The van der Waals surface area contributed by atoms with E-state index in [1.165, 1.54) is 18.4 Å². The van der Waals surface area contributed by atoms with Gasteiger partial charge >= 0.3 is 0 Å². The highest BCUT2D eigenvalue weighted by Crippen LogP contribution is 2.35. The Labute approximate surface area is 133 Å². The molecule has 2 aliphatic rings. The van der Waals surface area contributed by atoms with Gasteiger partial charge in [0.2, 0.25) is 5.91 Å². The zero-order valence-electron chi connectivity index (χ0n) is 12.3. The molecular formula is C17H25ClN2O. The average Bonchev–Trinajstić information content (AvgIpc) is 3.21. The average molecular weight is 309 g/mol. The molecule has 3 rings (SSSR count). The van der Waals surface area contributed by atoms with Gasteiger partial charge in [0.1, 0.15) is 0 Å². The van der Waals surface area contributed by atoms with Gasteiger partial charge in [-0.05, 0) is 50.0 Å². The summed E-state index contributed by atoms with van der Waals surface area (Å²) in [5.74, 6) is 1.04. The van der Waals surface area contributed by atoms with E-state index in [0.29, 0.717) is 12.0 Å². The second-order valence-electron chi connectivity index (χ2n) is 6.41. The SMILES string of the molecule is Cl.NC1CCC(C(=O)NC(Cc2ccccc2)C2CC2)C1. The highest BCUT2D eigenvalue weighted by Gasteiger charge is 2.35. The van der Waals surface area contributed by atoms with Crippen molar-refractivity contribution in [3.8, 4) is 0 Å². The van der Waals surface area contributed by atoms with Crippen LogP contribution in [0.1, 0.15) is 37.7 Å². The predicted octanol–water partition coefficient (Wildman–Crippen LogP) is 2.67. The third kappa shape index (κ3) is 4.45. The fraction of sp³-hybridized carbons (Fsp3) is 0.588. The second kappa shape index (κ2) is 7.28. The minimum atomic E-state index is 0. The van der Waals surface area contributed by atoms with E-state index in [1.807, 2.05) is 6.07 Å². The summed E-state index contributed by atoms with van der Waals surface area (Å²) in [6, 6.07) is 11.0. The van der Waals surface area contributed by atoms with Crippen LogP contribution in [-0.2, 0) is 11.2 Å². The molecule has 0 spiro atoms. The first-order chi connectivity index (χ1) is 9.72. The van der Waals surface area contributed by atoms with Gasteiger partial charge in [0, 0.05) is 18.0 Å². The minimum absolute atomic E-state index is 0. The fourth-order valence-electron chi connectivity index (χ4n) is 3.26. The van der Waals surface area contributed by atoms with Gasteiger partial charge < -0.3 is 11.1 Å². The molecule has 0 heterocycles. The summed E-state index contributed by atoms with van der Waals surface area (Å²) in [5.41, 5.74) is 7.22. The molecule has 1 aromatic carbocycles. The van der Waals surface area contributed by atoms with Crippen molar-refractivity contribution in [3.63, 3.8) is 0 Å². The zero-order valence-corrected chi connectivity index (χ0v) is 13.1. The molecule has 2 fully saturated rings. The Morgan fingerprint density at radius 3 is 2.48 bits per heavy atom. The van der Waals surface area contributed by atoms with Crippen LogP contribution in [0.3, 0.4) is 0 Å². The van der Waals surface area contributed by atoms with Gasteiger partial charge in [0.15, 0.2) is 0 Å². The molecule has 4 heteroatoms. The van der Waals surface area contributed by atoms with Crippen LogP contribution >= 0.6 is 12.4 Å². The third-order valence-electron chi connectivity index (χ3n) is 4.66. The lowest BCUT2D eigenvalue weighted by atomic mass is 10.00. The number of hydrogen-bond donors (Lipinski definition) is 2. The molecule has 0 radical (unpaired) electrons. The topological polar surface area (TPSA) is 55.1 Å². The molecule has 2 saturated carbocycles. The summed E-state index contributed by atoms with van der Waals surface area (Å²) in [4.78, 5) is 12.4. The Morgan fingerprint density at radius 2 is 1.90 bits per heavy atom. The molecule has 0 aromatic heterocycles. The van der Waals surface area contributed by atoms with Crippen LogP contribution in [-0.4, -0.2) is 18.0 Å². The quantitative estimate of drug-likeness (QED) is 0.878. The summed E-state index contributed by atoms with van der Waals surface area (Å²) in [6.45, 7) is 0. The van der Waals surface area contributed by atoms with Crippen LogP contribution in [0.2, 0.25) is 0 Å². The first-order valence-electron chi connectivity index (χ1n) is 7.82. The van der Waals surface area contributed by atoms with Crippen LogP contribution in [0.15, 0.2) is 30.3 Å². The molecule has 116 valence electrons. The van der Waals surface area contributed by atoms with Crippen molar-refractivity contribution in [2.24, 2.45) is 17.6 Å². The van der Waals surface area contributed by atoms with Gasteiger partial charge in [0.25, 0.3) is 0 Å². The Hall–Kier alpha value is -1.06. The van der Waals surface area contributed by atoms with Gasteiger partial charge in [0.05, 0.1) is 0 Å². The monoisotopic (exact) mass is 308 g/mol. The van der Waals surface area contributed by atoms with E-state index in [2.05, 4.69) is 29.6 Å². The number of nitrogens with two attached hydrogens (primary N) is 1. The largest absolute Gasteiger partial charge is 0.353 e. The molecule has 0 aliphatic heterocycles. The lowest BCUT2D eigenvalue weighted by molar-refractivity contribution is -0.125. The maximum Gasteiger partial charge on any atom is 0.223 e. The molecule has 2 aliphatic carbocycles. The normalized spacial score (nSPS) is 26.0. The number of rotatable bonds is 5. The predicted molar refractivity (Wildman–Crippen MR) is 87.4 cm³/mol. The smallest absolute Gasteiger partial charge is 0.223 e. The van der Waals surface area contributed by atoms with Crippen LogP contribution in [0.5, 0.6) is 0 Å². The van der Waals surface area contributed by atoms with Gasteiger partial charge in [-0.1, -0.05) is 30.3 Å². The third-order valence-corrected chi connectivity index (χ3v) is 4.66. The number of halogens is 1. The molecule has 3 unspecified atom stereocenters. The van der Waals surface area contributed by atoms with E-state index < -0.39 is 0 Å². The molecule has 1 aromatic rings. The molecule has 3 nitrogen and oxygen atoms in total. The highest BCUT2D eigenvalue weighted by atomic mass is 35.5. The van der Waals surface area contributed by atoms with Crippen molar-refractivity contribution in [1.29, 1.82) is 0 Å². The summed E-state index contributed by atoms with van der Waals surface area (Å²) in [6.07, 6.45) is 6.26. The lowest BCUT2D eigenvalue weighted by Crippen LogP contribution is -2.41. The van der Waals surface area contributed by atoms with Gasteiger partial charge in [-0.15, -0.1) is 12.4 Å². The molecular weight excluding hydrogens is 284 g/mol. The molecule has 3 N–H and O–H groups in total. The van der Waals surface area contributed by atoms with Crippen molar-refractivity contribution in [2.75, 3.05) is 0 Å². The summed E-state index contributed by atoms with van der Waals surface area (Å²) >= 11 is 0. The van der Waals surface area contributed by atoms with Gasteiger partial charge in [-0.25, -0.2) is 0 Å². The van der Waals surface area contributed by atoms with Crippen molar-refractivity contribution in [2.45, 2.75) is 50.6 Å². The van der Waals surface area contributed by atoms with E-state index in [9.17, 15) is 4.79 Å². The second-order valence-corrected chi connectivity index (χ2v) is 6.41. The number of amides is 1. The highest BCUT2D eigenvalue weighted by molar-refractivity contribution is 5.85. The standard InChI is InChI=1S/C17H24N2O.ClH/c18-15-9-8-14(11-15)17(20)19-16(13-6-7-13)10-12-4-2-1-3-5-12;/h1-5,13-16H,6-11,18H2,(H,19,20);1H. The maximum absolute atomic E-state index is 12.4. The minimum Gasteiger partial charge on any atom is -0.353 e. The Morgan fingerprint density at radius 1 is 1.19 bits per heavy atom. The van der Waals surface area contributed by atoms with Crippen molar-refractivity contribution >= 4 is 18.3 Å². The van der Waals surface area contributed by atoms with Crippen LogP contribution < -0.4 is 11.1 Å². The number of carbonyl (C=O) groups is 1. The first-order valence-corrected chi connectivity index (χ1v) is 7.82. The molecule has 3 atom stereocenters. The number of carbonyl (C=O) groups excluding carboxylic acids is 1. The van der Waals surface area contributed by atoms with Gasteiger partial charge in [-0.2, -0.15) is 0 Å². The van der Waals surface area contributed by atoms with Crippen molar-refractivity contribution in [1.82, 2.24) is 5.32 Å². The van der Waals surface area contributed by atoms with E-state index in [1.54, 1.807) is 0 Å². The summed E-state index contributed by atoms with van der Waals surface area (Å²) in [7, 11) is 0. The molecule has 0 bridgehead atoms. The van der Waals surface area contributed by atoms with E-state index in [0.717, 1.165) is 25.7 Å². The molecule has 0 saturated heterocycles. The van der Waals surface area contributed by atoms with E-state index in [4.69, 9.17) is 5.73 Å². The zero-order chi connectivity index (χ0) is 13.9. The maximum atomic E-state index is 12.4. The fourth-order valence-corrected chi connectivity index (χ4v) is 3.26. The summed E-state index contributed by atoms with van der Waals surface area (Å²) < 4.78 is 0. The molecule has 1 amide bonds. The number of benzene rings is 1. The Bertz CT molecular complexity index is 461. The lowest BCUT2D eigenvalue weighted by Gasteiger charge is -2.21. The Balaban J connectivity index is 0.00000161. The molecule has 21 heavy (non-hydrogen) atoms. The number of nitrogens with one attached hydrogen (secondary N) is 1. The van der Waals surface area contributed by atoms with Crippen molar-refractivity contribution in [3.05, 3.63) is 35.9 Å². The van der Waals surface area contributed by atoms with Crippen molar-refractivity contribution < 1.29 is 4.79 Å². The number of hydrogen-bond acceptors (Lipinski definition) is 2. The van der Waals surface area contributed by atoms with E-state index in [-0.39, 0.29) is 30.3 Å². The summed E-state index contributed by atoms with van der Waals surface area (Å²) in [5, 5.41) is 3.30. The first kappa shape index (κ1) is 16.3. The Kier molecular flexibility index (Phi) is 5.65. The van der Waals surface area contributed by atoms with E-state index >= 15 is 0 Å². The van der Waals surface area contributed by atoms with Crippen LogP contribution in [0.25, 0.3) is 0 Å². The van der Waals surface area contributed by atoms with Crippen LogP contribution in [0.4, 0.5) is 0 Å². The van der Waals surface area contributed by atoms with Gasteiger partial charge in [-0.3, -0.25) is 4.79 Å².